The van der Waals surface area contributed by atoms with Crippen LogP contribution in [0.4, 0.5) is 5.69 Å². The maximum atomic E-state index is 12.7. The highest BCUT2D eigenvalue weighted by molar-refractivity contribution is 7.92. The topological polar surface area (TPSA) is 75.7 Å². The summed E-state index contributed by atoms with van der Waals surface area (Å²) in [6.07, 6.45) is 0. The lowest BCUT2D eigenvalue weighted by Crippen LogP contribution is -2.31. The summed E-state index contributed by atoms with van der Waals surface area (Å²) in [5, 5.41) is 0.576. The highest BCUT2D eigenvalue weighted by atomic mass is 35.5. The van der Waals surface area contributed by atoms with Gasteiger partial charge in [-0.15, -0.1) is 0 Å². The zero-order valence-corrected chi connectivity index (χ0v) is 17.9. The molecule has 156 valence electrons. The maximum absolute atomic E-state index is 12.7. The quantitative estimate of drug-likeness (QED) is 0.562. The summed E-state index contributed by atoms with van der Waals surface area (Å²) < 4.78 is 33.1. The lowest BCUT2D eigenvalue weighted by molar-refractivity contribution is 0.0774. The number of amides is 1. The molecule has 0 heterocycles. The molecule has 0 saturated carbocycles. The average Bonchev–Trinajstić information content (AvgIpc) is 2.74. The van der Waals surface area contributed by atoms with Gasteiger partial charge >= 0.3 is 0 Å². The molecular weight excluding hydrogens is 424 g/mol. The predicted molar refractivity (Wildman–Crippen MR) is 118 cm³/mol. The standard InChI is InChI=1S/C22H21ClN2O4S/c1-25(13-14-29-20-10-6-8-18(23)16-20)22(26)17-7-5-9-19(15-17)24-30(27,28)21-11-3-2-4-12-21/h2-12,15-16,24H,13-14H2,1H3. The molecule has 0 radical (unpaired) electrons. The van der Waals surface area contributed by atoms with Gasteiger partial charge in [0.05, 0.1) is 11.4 Å². The Morgan fingerprint density at radius 2 is 1.73 bits per heavy atom. The summed E-state index contributed by atoms with van der Waals surface area (Å²) in [4.78, 5) is 14.4. The number of nitrogens with zero attached hydrogens (tertiary/aromatic N) is 1. The minimum absolute atomic E-state index is 0.150. The number of carbonyl (C=O) groups is 1. The molecule has 0 fully saturated rings. The number of anilines is 1. The molecule has 0 atom stereocenters. The minimum Gasteiger partial charge on any atom is -0.492 e. The largest absolute Gasteiger partial charge is 0.492 e. The van der Waals surface area contributed by atoms with E-state index in [1.165, 1.54) is 23.1 Å². The van der Waals surface area contributed by atoms with Crippen LogP contribution in [0.25, 0.3) is 0 Å². The predicted octanol–water partition coefficient (Wildman–Crippen LogP) is 4.29. The fourth-order valence-corrected chi connectivity index (χ4v) is 3.96. The van der Waals surface area contributed by atoms with E-state index in [9.17, 15) is 13.2 Å². The molecule has 8 heteroatoms. The maximum Gasteiger partial charge on any atom is 0.261 e. The molecule has 0 aliphatic rings. The number of hydrogen-bond acceptors (Lipinski definition) is 4. The molecule has 3 aromatic rings. The van der Waals surface area contributed by atoms with Gasteiger partial charge in [0, 0.05) is 23.3 Å². The van der Waals surface area contributed by atoms with Gasteiger partial charge in [0.15, 0.2) is 0 Å². The van der Waals surface area contributed by atoms with E-state index in [2.05, 4.69) is 4.72 Å². The number of sulfonamides is 1. The van der Waals surface area contributed by atoms with Crippen LogP contribution in [0.5, 0.6) is 5.75 Å². The Morgan fingerprint density at radius 3 is 2.47 bits per heavy atom. The van der Waals surface area contributed by atoms with Crippen molar-refractivity contribution in [1.29, 1.82) is 0 Å². The summed E-state index contributed by atoms with van der Waals surface area (Å²) in [6.45, 7) is 0.647. The third-order valence-electron chi connectivity index (χ3n) is 4.25. The van der Waals surface area contributed by atoms with Crippen molar-refractivity contribution in [2.75, 3.05) is 24.9 Å². The molecule has 6 nitrogen and oxygen atoms in total. The number of benzene rings is 3. The zero-order valence-electron chi connectivity index (χ0n) is 16.3. The monoisotopic (exact) mass is 444 g/mol. The first-order chi connectivity index (χ1) is 14.3. The third-order valence-corrected chi connectivity index (χ3v) is 5.89. The SMILES string of the molecule is CN(CCOc1cccc(Cl)c1)C(=O)c1cccc(NS(=O)(=O)c2ccccc2)c1. The molecule has 0 bridgehead atoms. The van der Waals surface area contributed by atoms with E-state index < -0.39 is 10.0 Å². The second-order valence-corrected chi connectivity index (χ2v) is 8.65. The fourth-order valence-electron chi connectivity index (χ4n) is 2.71. The number of halogens is 1. The Balaban J connectivity index is 1.62. The van der Waals surface area contributed by atoms with Crippen molar-refractivity contribution in [3.63, 3.8) is 0 Å². The van der Waals surface area contributed by atoms with Crippen molar-refractivity contribution >= 4 is 33.2 Å². The molecule has 3 aromatic carbocycles. The molecule has 1 amide bonds. The van der Waals surface area contributed by atoms with Gasteiger partial charge in [0.1, 0.15) is 12.4 Å². The minimum atomic E-state index is -3.73. The van der Waals surface area contributed by atoms with Crippen LogP contribution >= 0.6 is 11.6 Å². The van der Waals surface area contributed by atoms with Crippen molar-refractivity contribution in [3.8, 4) is 5.75 Å². The van der Waals surface area contributed by atoms with Crippen LogP contribution < -0.4 is 9.46 Å². The summed E-state index contributed by atoms with van der Waals surface area (Å²) in [7, 11) is -2.07. The second kappa shape index (κ2) is 9.65. The number of rotatable bonds is 8. The fraction of sp³-hybridized carbons (Fsp3) is 0.136. The number of ether oxygens (including phenoxy) is 1. The van der Waals surface area contributed by atoms with Gasteiger partial charge in [0.2, 0.25) is 0 Å². The molecule has 0 unspecified atom stereocenters. The van der Waals surface area contributed by atoms with Crippen LogP contribution in [0.15, 0.2) is 83.8 Å². The Labute approximate surface area is 181 Å². The van der Waals surface area contributed by atoms with Gasteiger partial charge in [-0.25, -0.2) is 8.42 Å². The summed E-state index contributed by atoms with van der Waals surface area (Å²) in [6, 6.07) is 21.4. The number of nitrogens with one attached hydrogen (secondary N) is 1. The van der Waals surface area contributed by atoms with Crippen LogP contribution in [0.1, 0.15) is 10.4 Å². The van der Waals surface area contributed by atoms with Crippen molar-refractivity contribution in [2.45, 2.75) is 4.90 Å². The van der Waals surface area contributed by atoms with Crippen LogP contribution in [-0.2, 0) is 10.0 Å². The highest BCUT2D eigenvalue weighted by Crippen LogP contribution is 2.19. The molecule has 0 aliphatic carbocycles. The van der Waals surface area contributed by atoms with Gasteiger partial charge in [0.25, 0.3) is 15.9 Å². The second-order valence-electron chi connectivity index (χ2n) is 6.53. The van der Waals surface area contributed by atoms with E-state index in [-0.39, 0.29) is 10.8 Å². The molecule has 0 saturated heterocycles. The van der Waals surface area contributed by atoms with Gasteiger partial charge in [-0.05, 0) is 48.5 Å². The zero-order chi connectivity index (χ0) is 21.6. The molecule has 30 heavy (non-hydrogen) atoms. The number of carbonyl (C=O) groups excluding carboxylic acids is 1. The van der Waals surface area contributed by atoms with Gasteiger partial charge in [-0.3, -0.25) is 9.52 Å². The lowest BCUT2D eigenvalue weighted by Gasteiger charge is -2.18. The van der Waals surface area contributed by atoms with Crippen LogP contribution in [0.2, 0.25) is 5.02 Å². The van der Waals surface area contributed by atoms with Crippen molar-refractivity contribution < 1.29 is 17.9 Å². The molecule has 0 aromatic heterocycles. The number of hydrogen-bond donors (Lipinski definition) is 1. The van der Waals surface area contributed by atoms with Crippen molar-refractivity contribution in [1.82, 2.24) is 4.90 Å². The van der Waals surface area contributed by atoms with E-state index in [0.29, 0.717) is 35.2 Å². The van der Waals surface area contributed by atoms with E-state index in [4.69, 9.17) is 16.3 Å². The van der Waals surface area contributed by atoms with Gasteiger partial charge in [-0.2, -0.15) is 0 Å². The Kier molecular flexibility index (Phi) is 6.97. The first-order valence-corrected chi connectivity index (χ1v) is 11.0. The third kappa shape index (κ3) is 5.75. The van der Waals surface area contributed by atoms with Crippen LogP contribution in [-0.4, -0.2) is 39.4 Å². The first-order valence-electron chi connectivity index (χ1n) is 9.17. The Hall–Kier alpha value is -3.03. The molecule has 0 spiro atoms. The smallest absolute Gasteiger partial charge is 0.261 e. The van der Waals surface area contributed by atoms with Gasteiger partial charge in [-0.1, -0.05) is 41.9 Å². The van der Waals surface area contributed by atoms with Gasteiger partial charge < -0.3 is 9.64 Å². The van der Waals surface area contributed by atoms with E-state index in [0.717, 1.165) is 0 Å². The highest BCUT2D eigenvalue weighted by Gasteiger charge is 2.16. The van der Waals surface area contributed by atoms with Crippen molar-refractivity contribution in [3.05, 3.63) is 89.4 Å². The van der Waals surface area contributed by atoms with E-state index in [1.807, 2.05) is 0 Å². The summed E-state index contributed by atoms with van der Waals surface area (Å²) in [5.74, 6) is 0.381. The molecule has 1 N–H and O–H groups in total. The van der Waals surface area contributed by atoms with Crippen molar-refractivity contribution in [2.24, 2.45) is 0 Å². The van der Waals surface area contributed by atoms with Crippen LogP contribution in [0, 0.1) is 0 Å². The lowest BCUT2D eigenvalue weighted by atomic mass is 10.2. The number of likely N-dealkylation sites (N-methyl/N-ethyl adjacent to an activating group) is 1. The summed E-state index contributed by atoms with van der Waals surface area (Å²) in [5.41, 5.74) is 0.682. The molecular formula is C22H21ClN2O4S. The normalized spacial score (nSPS) is 11.0. The average molecular weight is 445 g/mol. The first kappa shape index (κ1) is 21.7. The van der Waals surface area contributed by atoms with E-state index >= 15 is 0 Å². The summed E-state index contributed by atoms with van der Waals surface area (Å²) >= 11 is 5.92. The molecule has 3 rings (SSSR count). The van der Waals surface area contributed by atoms with E-state index in [1.54, 1.807) is 67.7 Å². The Bertz CT molecular complexity index is 1120. The van der Waals surface area contributed by atoms with Crippen LogP contribution in [0.3, 0.4) is 0 Å². The molecule has 0 aliphatic heterocycles. The Morgan fingerprint density at radius 1 is 1.00 bits per heavy atom.